The van der Waals surface area contributed by atoms with Crippen LogP contribution in [0, 0.1) is 16.0 Å². The molecule has 194 valence electrons. The highest BCUT2D eigenvalue weighted by Crippen LogP contribution is 2.33. The fourth-order valence-corrected chi connectivity index (χ4v) is 5.25. The first-order valence-corrected chi connectivity index (χ1v) is 12.5. The molecule has 1 aromatic rings. The third-order valence-electron chi connectivity index (χ3n) is 5.16. The molecule has 0 saturated heterocycles. The van der Waals surface area contributed by atoms with Crippen molar-refractivity contribution in [2.45, 2.75) is 57.2 Å². The Morgan fingerprint density at radius 1 is 1.37 bits per heavy atom. The standard InChI is InChI=1S/C23H33N3O8S/c1-7-12-33-26(35(31,32)21-11-9-8-10-19(21)25(29)30)17-13-18(16(2)3)20(15-27)24(14-17)22(28)34-23(4,5)6/h7-11,13,16-17,20,27H,1,12,14-15H2,2-6H3/t17-,20-/m1/s1. The number of aliphatic hydroxyl groups is 1. The maximum Gasteiger partial charge on any atom is 0.410 e. The Morgan fingerprint density at radius 3 is 2.51 bits per heavy atom. The minimum Gasteiger partial charge on any atom is -0.444 e. The van der Waals surface area contributed by atoms with Crippen LogP contribution in [0.4, 0.5) is 10.5 Å². The topological polar surface area (TPSA) is 140 Å². The Hall–Kier alpha value is -2.80. The fourth-order valence-electron chi connectivity index (χ4n) is 3.72. The van der Waals surface area contributed by atoms with E-state index >= 15 is 0 Å². The average Bonchev–Trinajstić information content (AvgIpc) is 2.77. The van der Waals surface area contributed by atoms with Crippen molar-refractivity contribution in [1.29, 1.82) is 0 Å². The lowest BCUT2D eigenvalue weighted by Gasteiger charge is -2.42. The number of sulfonamides is 1. The van der Waals surface area contributed by atoms with Crippen molar-refractivity contribution < 1.29 is 32.8 Å². The van der Waals surface area contributed by atoms with E-state index in [0.29, 0.717) is 10.0 Å². The number of carbonyl (C=O) groups is 1. The number of hydrogen-bond donors (Lipinski definition) is 1. The number of ether oxygens (including phenoxy) is 1. The van der Waals surface area contributed by atoms with Gasteiger partial charge in [-0.25, -0.2) is 13.2 Å². The van der Waals surface area contributed by atoms with Crippen LogP contribution >= 0.6 is 0 Å². The molecule has 1 heterocycles. The third kappa shape index (κ3) is 6.66. The normalized spacial score (nSPS) is 19.0. The zero-order chi connectivity index (χ0) is 26.6. The summed E-state index contributed by atoms with van der Waals surface area (Å²) in [5, 5.41) is 21.6. The lowest BCUT2D eigenvalue weighted by Crippen LogP contribution is -2.56. The van der Waals surface area contributed by atoms with Gasteiger partial charge in [0.15, 0.2) is 4.90 Å². The number of para-hydroxylation sites is 1. The van der Waals surface area contributed by atoms with Gasteiger partial charge in [0, 0.05) is 12.6 Å². The largest absolute Gasteiger partial charge is 0.444 e. The lowest BCUT2D eigenvalue weighted by molar-refractivity contribution is -0.388. The second-order valence-electron chi connectivity index (χ2n) is 9.29. The Bertz CT molecular complexity index is 1080. The fraction of sp³-hybridized carbons (Fsp3) is 0.522. The second kappa shape index (κ2) is 11.3. The number of hydroxylamine groups is 1. The van der Waals surface area contributed by atoms with E-state index in [9.17, 15) is 28.4 Å². The van der Waals surface area contributed by atoms with Crippen LogP contribution in [-0.2, 0) is 19.6 Å². The van der Waals surface area contributed by atoms with E-state index in [1.807, 2.05) is 13.8 Å². The molecule has 12 heteroatoms. The van der Waals surface area contributed by atoms with Crippen LogP contribution < -0.4 is 0 Å². The van der Waals surface area contributed by atoms with E-state index in [0.717, 1.165) is 12.1 Å². The van der Waals surface area contributed by atoms with Gasteiger partial charge in [-0.05, 0) is 38.3 Å². The van der Waals surface area contributed by atoms with E-state index in [2.05, 4.69) is 6.58 Å². The second-order valence-corrected chi connectivity index (χ2v) is 11.0. The summed E-state index contributed by atoms with van der Waals surface area (Å²) in [5.41, 5.74) is -0.845. The third-order valence-corrected chi connectivity index (χ3v) is 6.92. The van der Waals surface area contributed by atoms with Crippen molar-refractivity contribution in [3.05, 3.63) is 58.7 Å². The summed E-state index contributed by atoms with van der Waals surface area (Å²) in [6.07, 6.45) is 2.21. The van der Waals surface area contributed by atoms with E-state index in [4.69, 9.17) is 9.57 Å². The molecule has 0 radical (unpaired) electrons. The molecule has 2 rings (SSSR count). The molecule has 1 N–H and O–H groups in total. The molecule has 1 aliphatic heterocycles. The van der Waals surface area contributed by atoms with Crippen molar-refractivity contribution >= 4 is 21.8 Å². The molecule has 0 bridgehead atoms. The number of rotatable bonds is 9. The van der Waals surface area contributed by atoms with Gasteiger partial charge >= 0.3 is 6.09 Å². The first-order chi connectivity index (χ1) is 16.2. The molecule has 0 saturated carbocycles. The molecule has 0 fully saturated rings. The molecule has 2 atom stereocenters. The Labute approximate surface area is 205 Å². The SMILES string of the molecule is C=CCON([C@@H]1C=C(C(C)C)[C@@H](CO)N(C(=O)OC(C)(C)C)C1)S(=O)(=O)c1ccccc1[N+](=O)[O-]. The molecule has 0 aromatic heterocycles. The van der Waals surface area contributed by atoms with Crippen molar-refractivity contribution in [3.8, 4) is 0 Å². The molecule has 1 aromatic carbocycles. The van der Waals surface area contributed by atoms with Gasteiger partial charge in [-0.3, -0.25) is 19.9 Å². The minimum atomic E-state index is -4.57. The predicted molar refractivity (Wildman–Crippen MR) is 129 cm³/mol. The van der Waals surface area contributed by atoms with Crippen LogP contribution in [0.1, 0.15) is 34.6 Å². The van der Waals surface area contributed by atoms with Gasteiger partial charge in [0.05, 0.1) is 30.2 Å². The molecule has 0 spiro atoms. The van der Waals surface area contributed by atoms with Crippen LogP contribution in [0.5, 0.6) is 0 Å². The van der Waals surface area contributed by atoms with Crippen LogP contribution in [0.2, 0.25) is 0 Å². The number of nitro benzene ring substituents is 1. The summed E-state index contributed by atoms with van der Waals surface area (Å²) in [7, 11) is -4.57. The zero-order valence-electron chi connectivity index (χ0n) is 20.6. The van der Waals surface area contributed by atoms with E-state index in [1.165, 1.54) is 23.1 Å². The molecule has 1 amide bonds. The summed E-state index contributed by atoms with van der Waals surface area (Å²) in [4.78, 5) is 30.0. The van der Waals surface area contributed by atoms with Crippen molar-refractivity contribution in [1.82, 2.24) is 9.37 Å². The molecule has 0 unspecified atom stereocenters. The van der Waals surface area contributed by atoms with Gasteiger partial charge in [-0.1, -0.05) is 42.6 Å². The van der Waals surface area contributed by atoms with Crippen LogP contribution in [0.25, 0.3) is 0 Å². The van der Waals surface area contributed by atoms with Crippen molar-refractivity contribution in [2.24, 2.45) is 5.92 Å². The maximum absolute atomic E-state index is 13.6. The lowest BCUT2D eigenvalue weighted by atomic mass is 9.89. The van der Waals surface area contributed by atoms with Gasteiger partial charge < -0.3 is 9.84 Å². The summed E-state index contributed by atoms with van der Waals surface area (Å²) >= 11 is 0. The highest BCUT2D eigenvalue weighted by Gasteiger charge is 2.43. The van der Waals surface area contributed by atoms with Gasteiger partial charge in [0.2, 0.25) is 0 Å². The quantitative estimate of drug-likeness (QED) is 0.303. The molecule has 11 nitrogen and oxygen atoms in total. The first-order valence-electron chi connectivity index (χ1n) is 11.1. The number of nitrogens with zero attached hydrogens (tertiary/aromatic N) is 3. The zero-order valence-corrected chi connectivity index (χ0v) is 21.4. The van der Waals surface area contributed by atoms with E-state index in [1.54, 1.807) is 26.8 Å². The summed E-state index contributed by atoms with van der Waals surface area (Å²) in [6, 6.07) is 3.14. The molecular formula is C23H33N3O8S. The van der Waals surface area contributed by atoms with Crippen LogP contribution in [-0.4, -0.2) is 71.4 Å². The number of nitro groups is 1. The Kier molecular flexibility index (Phi) is 9.17. The van der Waals surface area contributed by atoms with E-state index in [-0.39, 0.29) is 19.1 Å². The Balaban J connectivity index is 2.65. The van der Waals surface area contributed by atoms with Crippen LogP contribution in [0.15, 0.2) is 53.5 Å². The number of hydrogen-bond acceptors (Lipinski definition) is 8. The predicted octanol–water partition coefficient (Wildman–Crippen LogP) is 3.27. The average molecular weight is 512 g/mol. The van der Waals surface area contributed by atoms with Gasteiger partial charge in [-0.15, -0.1) is 6.58 Å². The van der Waals surface area contributed by atoms with Gasteiger partial charge in [0.1, 0.15) is 5.60 Å². The number of benzene rings is 1. The van der Waals surface area contributed by atoms with Crippen molar-refractivity contribution in [3.63, 3.8) is 0 Å². The number of carbonyl (C=O) groups excluding carboxylic acids is 1. The molecule has 35 heavy (non-hydrogen) atoms. The highest BCUT2D eigenvalue weighted by atomic mass is 32.2. The summed E-state index contributed by atoms with van der Waals surface area (Å²) in [6.45, 7) is 11.5. The maximum atomic E-state index is 13.6. The number of aliphatic hydroxyl groups excluding tert-OH is 1. The van der Waals surface area contributed by atoms with Crippen molar-refractivity contribution in [2.75, 3.05) is 19.8 Å². The summed E-state index contributed by atoms with van der Waals surface area (Å²) in [5.74, 6) is -0.171. The van der Waals surface area contributed by atoms with E-state index < -0.39 is 55.9 Å². The Morgan fingerprint density at radius 2 is 2.00 bits per heavy atom. The highest BCUT2D eigenvalue weighted by molar-refractivity contribution is 7.89. The smallest absolute Gasteiger partial charge is 0.410 e. The molecular weight excluding hydrogens is 478 g/mol. The molecule has 0 aliphatic carbocycles. The minimum absolute atomic E-state index is 0.171. The number of amides is 1. The first kappa shape index (κ1) is 28.4. The molecule has 1 aliphatic rings. The van der Waals surface area contributed by atoms with Crippen LogP contribution in [0.3, 0.4) is 0 Å². The summed E-state index contributed by atoms with van der Waals surface area (Å²) < 4.78 is 33.4. The van der Waals surface area contributed by atoms with Gasteiger partial charge in [0.25, 0.3) is 15.7 Å². The monoisotopic (exact) mass is 511 g/mol. The van der Waals surface area contributed by atoms with Gasteiger partial charge in [-0.2, -0.15) is 0 Å².